The van der Waals surface area contributed by atoms with E-state index in [0.29, 0.717) is 11.4 Å². The number of hydrogen-bond donors (Lipinski definition) is 2. The number of non-ortho nitro benzene ring substituents is 1. The molecule has 0 saturated carbocycles. The van der Waals surface area contributed by atoms with Crippen LogP contribution in [0.5, 0.6) is 11.5 Å². The summed E-state index contributed by atoms with van der Waals surface area (Å²) in [5.74, 6) is -0.840. The topological polar surface area (TPSA) is 136 Å². The minimum Gasteiger partial charge on any atom is -0.509 e. The van der Waals surface area contributed by atoms with E-state index in [9.17, 15) is 20.0 Å². The third-order valence-electron chi connectivity index (χ3n) is 3.99. The van der Waals surface area contributed by atoms with E-state index in [2.05, 4.69) is 15.5 Å². The number of methoxy groups -OCH3 is 2. The average molecular weight is 414 g/mol. The molecule has 0 heterocycles. The van der Waals surface area contributed by atoms with Crippen molar-refractivity contribution < 1.29 is 24.3 Å². The molecule has 0 fully saturated rings. The monoisotopic (exact) mass is 414 g/mol. The van der Waals surface area contributed by atoms with Crippen LogP contribution in [0.25, 0.3) is 0 Å². The molecule has 10 heteroatoms. The van der Waals surface area contributed by atoms with Crippen LogP contribution < -0.4 is 14.8 Å². The van der Waals surface area contributed by atoms with Gasteiger partial charge in [-0.25, -0.2) is 0 Å². The van der Waals surface area contributed by atoms with Gasteiger partial charge in [0.15, 0.2) is 11.4 Å². The van der Waals surface area contributed by atoms with Crippen molar-refractivity contribution in [1.82, 2.24) is 0 Å². The van der Waals surface area contributed by atoms with Gasteiger partial charge in [-0.1, -0.05) is 26.0 Å². The quantitative estimate of drug-likeness (QED) is 0.210. The summed E-state index contributed by atoms with van der Waals surface area (Å²) in [6.45, 7) is 3.38. The third kappa shape index (κ3) is 5.31. The van der Waals surface area contributed by atoms with E-state index in [1.165, 1.54) is 32.4 Å². The molecule has 0 unspecified atom stereocenters. The number of nitrogens with zero attached hydrogens (tertiary/aromatic N) is 3. The lowest BCUT2D eigenvalue weighted by Crippen LogP contribution is -2.17. The predicted octanol–water partition coefficient (Wildman–Crippen LogP) is 4.76. The van der Waals surface area contributed by atoms with Crippen molar-refractivity contribution in [1.29, 1.82) is 0 Å². The number of carbonyl (C=O) groups is 1. The van der Waals surface area contributed by atoms with Gasteiger partial charge in [0.2, 0.25) is 0 Å². The number of para-hydroxylation sites is 2. The van der Waals surface area contributed by atoms with Gasteiger partial charge >= 0.3 is 0 Å². The standard InChI is InChI=1S/C20H22N4O6/c1-12(2)19(25)18(20(26)21-14-7-5-6-8-16(14)29-3)23-22-15-10-9-13(24(27)28)11-17(15)30-4/h5-12,25H,1-4H3,(H,21,26)/b19-18-,23-22?. The van der Waals surface area contributed by atoms with E-state index in [1.54, 1.807) is 38.1 Å². The third-order valence-corrected chi connectivity index (χ3v) is 3.99. The maximum absolute atomic E-state index is 12.8. The van der Waals surface area contributed by atoms with Gasteiger partial charge in [0.25, 0.3) is 11.6 Å². The Balaban J connectivity index is 2.40. The smallest absolute Gasteiger partial charge is 0.279 e. The molecule has 2 aromatic rings. The molecular formula is C20H22N4O6. The Morgan fingerprint density at radius 3 is 2.40 bits per heavy atom. The first-order valence-electron chi connectivity index (χ1n) is 8.90. The average Bonchev–Trinajstić information content (AvgIpc) is 2.73. The minimum atomic E-state index is -0.699. The summed E-state index contributed by atoms with van der Waals surface area (Å²) in [6.07, 6.45) is 0. The summed E-state index contributed by atoms with van der Waals surface area (Å²) >= 11 is 0. The van der Waals surface area contributed by atoms with Crippen molar-refractivity contribution in [2.75, 3.05) is 19.5 Å². The maximum Gasteiger partial charge on any atom is 0.279 e. The fraction of sp³-hybridized carbons (Fsp3) is 0.250. The Morgan fingerprint density at radius 2 is 1.80 bits per heavy atom. The lowest BCUT2D eigenvalue weighted by Gasteiger charge is -2.12. The SMILES string of the molecule is COc1cc([N+](=O)[O-])ccc1N=N/C(C(=O)Nc1ccccc1OC)=C(\O)C(C)C. The van der Waals surface area contributed by atoms with Crippen molar-refractivity contribution >= 4 is 23.0 Å². The molecule has 0 saturated heterocycles. The molecule has 10 nitrogen and oxygen atoms in total. The van der Waals surface area contributed by atoms with Crippen molar-refractivity contribution in [3.63, 3.8) is 0 Å². The van der Waals surface area contributed by atoms with Gasteiger partial charge in [0, 0.05) is 12.0 Å². The Hall–Kier alpha value is -3.95. The maximum atomic E-state index is 12.8. The van der Waals surface area contributed by atoms with Gasteiger partial charge in [-0.3, -0.25) is 14.9 Å². The van der Waals surface area contributed by atoms with Gasteiger partial charge in [-0.2, -0.15) is 0 Å². The number of nitro benzene ring substituents is 1. The number of ether oxygens (including phenoxy) is 2. The summed E-state index contributed by atoms with van der Waals surface area (Å²) in [5.41, 5.74) is 0.0567. The largest absolute Gasteiger partial charge is 0.509 e. The van der Waals surface area contributed by atoms with Gasteiger partial charge in [0.05, 0.1) is 30.9 Å². The number of aliphatic hydroxyl groups is 1. The second-order valence-electron chi connectivity index (χ2n) is 6.36. The first kappa shape index (κ1) is 22.3. The van der Waals surface area contributed by atoms with E-state index >= 15 is 0 Å². The van der Waals surface area contributed by atoms with Gasteiger partial charge in [0.1, 0.15) is 17.2 Å². The molecule has 30 heavy (non-hydrogen) atoms. The number of benzene rings is 2. The number of rotatable bonds is 8. The van der Waals surface area contributed by atoms with Crippen LogP contribution in [-0.4, -0.2) is 30.2 Å². The van der Waals surface area contributed by atoms with Crippen molar-refractivity contribution in [2.45, 2.75) is 13.8 Å². The Kier molecular flexibility index (Phi) is 7.45. The Bertz CT molecular complexity index is 1000. The minimum absolute atomic E-state index is 0.0986. The van der Waals surface area contributed by atoms with Crippen LogP contribution >= 0.6 is 0 Å². The molecule has 0 radical (unpaired) electrons. The van der Waals surface area contributed by atoms with E-state index in [-0.39, 0.29) is 28.6 Å². The number of hydrogen-bond acceptors (Lipinski definition) is 8. The first-order valence-corrected chi connectivity index (χ1v) is 8.90. The van der Waals surface area contributed by atoms with Crippen LogP contribution in [0, 0.1) is 16.0 Å². The van der Waals surface area contributed by atoms with Crippen LogP contribution in [0.2, 0.25) is 0 Å². The molecule has 0 aliphatic heterocycles. The number of aliphatic hydroxyl groups excluding tert-OH is 1. The summed E-state index contributed by atoms with van der Waals surface area (Å²) in [5, 5.41) is 31.8. The van der Waals surface area contributed by atoms with E-state index in [4.69, 9.17) is 9.47 Å². The van der Waals surface area contributed by atoms with Gasteiger partial charge in [-0.15, -0.1) is 10.2 Å². The second kappa shape index (κ2) is 10.0. The number of azo groups is 1. The molecule has 2 rings (SSSR count). The van der Waals surface area contributed by atoms with Crippen molar-refractivity contribution in [3.05, 3.63) is 64.0 Å². The summed E-state index contributed by atoms with van der Waals surface area (Å²) in [6, 6.07) is 10.5. The highest BCUT2D eigenvalue weighted by molar-refractivity contribution is 6.04. The summed E-state index contributed by atoms with van der Waals surface area (Å²) in [7, 11) is 2.79. The summed E-state index contributed by atoms with van der Waals surface area (Å²) < 4.78 is 10.3. The highest BCUT2D eigenvalue weighted by Crippen LogP contribution is 2.32. The number of carbonyl (C=O) groups excluding carboxylic acids is 1. The van der Waals surface area contributed by atoms with Crippen molar-refractivity contribution in [2.24, 2.45) is 16.1 Å². The van der Waals surface area contributed by atoms with E-state index < -0.39 is 16.7 Å². The fourth-order valence-electron chi connectivity index (χ4n) is 2.38. The zero-order valence-corrected chi connectivity index (χ0v) is 16.9. The van der Waals surface area contributed by atoms with Crippen LogP contribution in [0.15, 0.2) is 64.1 Å². The lowest BCUT2D eigenvalue weighted by molar-refractivity contribution is -0.384. The molecule has 0 aliphatic rings. The summed E-state index contributed by atoms with van der Waals surface area (Å²) in [4.78, 5) is 23.1. The number of allylic oxidation sites excluding steroid dienone is 1. The molecule has 158 valence electrons. The molecular weight excluding hydrogens is 392 g/mol. The number of nitro groups is 1. The molecule has 2 N–H and O–H groups in total. The van der Waals surface area contributed by atoms with Crippen molar-refractivity contribution in [3.8, 4) is 11.5 Å². The number of amides is 1. The zero-order chi connectivity index (χ0) is 22.3. The molecule has 1 amide bonds. The number of anilines is 1. The first-order chi connectivity index (χ1) is 14.3. The highest BCUT2D eigenvalue weighted by atomic mass is 16.6. The predicted molar refractivity (Wildman–Crippen MR) is 110 cm³/mol. The fourth-order valence-corrected chi connectivity index (χ4v) is 2.38. The normalized spacial score (nSPS) is 11.9. The van der Waals surface area contributed by atoms with Crippen LogP contribution in [-0.2, 0) is 4.79 Å². The highest BCUT2D eigenvalue weighted by Gasteiger charge is 2.20. The number of nitrogens with one attached hydrogen (secondary N) is 1. The Morgan fingerprint density at radius 1 is 1.13 bits per heavy atom. The molecule has 0 spiro atoms. The zero-order valence-electron chi connectivity index (χ0n) is 16.9. The van der Waals surface area contributed by atoms with Gasteiger partial charge < -0.3 is 19.9 Å². The molecule has 0 aliphatic carbocycles. The lowest BCUT2D eigenvalue weighted by atomic mass is 10.1. The van der Waals surface area contributed by atoms with E-state index in [1.807, 2.05) is 0 Å². The van der Waals surface area contributed by atoms with Gasteiger partial charge in [-0.05, 0) is 18.2 Å². The molecule has 2 aromatic carbocycles. The van der Waals surface area contributed by atoms with Crippen LogP contribution in [0.1, 0.15) is 13.8 Å². The second-order valence-corrected chi connectivity index (χ2v) is 6.36. The Labute approximate surface area is 173 Å². The molecule has 0 atom stereocenters. The molecule has 0 aromatic heterocycles. The molecule has 0 bridgehead atoms. The van der Waals surface area contributed by atoms with Crippen LogP contribution in [0.3, 0.4) is 0 Å². The van der Waals surface area contributed by atoms with E-state index in [0.717, 1.165) is 0 Å². The van der Waals surface area contributed by atoms with Crippen LogP contribution in [0.4, 0.5) is 17.1 Å².